The topological polar surface area (TPSA) is 126 Å². The minimum absolute atomic E-state index is 0.0557. The molecule has 0 spiro atoms. The van der Waals surface area contributed by atoms with E-state index in [0.717, 1.165) is 16.7 Å². The number of benzene rings is 3. The number of ether oxygens (including phenoxy) is 1. The largest absolute Gasteiger partial charge is 0.508 e. The van der Waals surface area contributed by atoms with Crippen LogP contribution in [0.2, 0.25) is 0 Å². The van der Waals surface area contributed by atoms with Crippen LogP contribution in [0, 0.1) is 0 Å². The summed E-state index contributed by atoms with van der Waals surface area (Å²) in [6, 6.07) is 21.9. The Bertz CT molecular complexity index is 1580. The first-order valence-corrected chi connectivity index (χ1v) is 15.0. The van der Waals surface area contributed by atoms with Gasteiger partial charge in [0.1, 0.15) is 18.0 Å². The Morgan fingerprint density at radius 3 is 2.43 bits per heavy atom. The van der Waals surface area contributed by atoms with E-state index in [9.17, 15) is 24.3 Å². The first-order chi connectivity index (χ1) is 22.2. The van der Waals surface area contributed by atoms with Crippen molar-refractivity contribution in [3.8, 4) is 5.75 Å². The maximum atomic E-state index is 14.2. The monoisotopic (exact) mass is 626 g/mol. The smallest absolute Gasteiger partial charge is 0.413 e. The number of phenolic OH excluding ortho intramolecular Hbond substituents is 1. The van der Waals surface area contributed by atoms with Crippen LogP contribution in [0.15, 0.2) is 91.5 Å². The molecule has 2 N–H and O–H groups in total. The zero-order chi connectivity index (χ0) is 32.8. The van der Waals surface area contributed by atoms with Crippen LogP contribution in [0.5, 0.6) is 5.75 Å². The van der Waals surface area contributed by atoms with E-state index in [4.69, 9.17) is 4.74 Å². The molecule has 0 radical (unpaired) electrons. The number of aromatic hydroxyl groups is 1. The number of anilines is 1. The van der Waals surface area contributed by atoms with Gasteiger partial charge in [-0.25, -0.2) is 19.6 Å². The van der Waals surface area contributed by atoms with Crippen LogP contribution in [-0.4, -0.2) is 94.9 Å². The van der Waals surface area contributed by atoms with Gasteiger partial charge in [-0.3, -0.25) is 14.5 Å². The van der Waals surface area contributed by atoms with E-state index in [1.807, 2.05) is 36.4 Å². The van der Waals surface area contributed by atoms with Crippen molar-refractivity contribution in [1.82, 2.24) is 25.1 Å². The predicted molar refractivity (Wildman–Crippen MR) is 171 cm³/mol. The van der Waals surface area contributed by atoms with Crippen LogP contribution >= 0.6 is 0 Å². The average molecular weight is 627 g/mol. The third-order valence-corrected chi connectivity index (χ3v) is 8.15. The fourth-order valence-electron chi connectivity index (χ4n) is 5.88. The van der Waals surface area contributed by atoms with Gasteiger partial charge in [-0.05, 0) is 41.0 Å². The van der Waals surface area contributed by atoms with Crippen LogP contribution in [0.3, 0.4) is 0 Å². The second kappa shape index (κ2) is 14.2. The highest BCUT2D eigenvalue weighted by Crippen LogP contribution is 2.30. The molecular weight excluding hydrogens is 588 g/mol. The van der Waals surface area contributed by atoms with E-state index in [1.54, 1.807) is 53.4 Å². The zero-order valence-corrected chi connectivity index (χ0v) is 25.9. The van der Waals surface area contributed by atoms with Gasteiger partial charge in [-0.15, -0.1) is 6.58 Å². The van der Waals surface area contributed by atoms with Gasteiger partial charge >= 0.3 is 12.1 Å². The second-order valence-corrected chi connectivity index (χ2v) is 11.2. The van der Waals surface area contributed by atoms with Gasteiger partial charge in [-0.2, -0.15) is 0 Å². The summed E-state index contributed by atoms with van der Waals surface area (Å²) in [4.78, 5) is 58.6. The molecule has 2 aliphatic rings. The Morgan fingerprint density at radius 1 is 1.02 bits per heavy atom. The van der Waals surface area contributed by atoms with E-state index in [2.05, 4.69) is 11.9 Å². The molecule has 5 amide bonds. The van der Waals surface area contributed by atoms with Crippen molar-refractivity contribution in [3.05, 3.63) is 108 Å². The highest BCUT2D eigenvalue weighted by Gasteiger charge is 2.51. The minimum atomic E-state index is -0.910. The molecule has 0 bridgehead atoms. The van der Waals surface area contributed by atoms with Crippen LogP contribution in [0.4, 0.5) is 15.3 Å². The molecule has 0 aliphatic carbocycles. The SMILES string of the molecule is C=CCN1CC(=O)N2C(Cc3ccc(O)cc3)C(=O)N(Cc3cccc(N(C)C(=O)OC)c3)C[C@@H]2N1C(=O)NCc1ccccc1. The number of rotatable bonds is 9. The van der Waals surface area contributed by atoms with Crippen molar-refractivity contribution in [2.24, 2.45) is 0 Å². The van der Waals surface area contributed by atoms with Gasteiger partial charge in [0.25, 0.3) is 0 Å². The molecule has 12 heteroatoms. The lowest BCUT2D eigenvalue weighted by atomic mass is 9.98. The molecule has 0 aromatic heterocycles. The molecule has 2 fully saturated rings. The van der Waals surface area contributed by atoms with E-state index in [-0.39, 0.29) is 56.7 Å². The van der Waals surface area contributed by atoms with Gasteiger partial charge in [-0.1, -0.05) is 60.7 Å². The van der Waals surface area contributed by atoms with Gasteiger partial charge in [0, 0.05) is 38.8 Å². The number of hydrogen-bond donors (Lipinski definition) is 2. The van der Waals surface area contributed by atoms with E-state index in [1.165, 1.54) is 34.1 Å². The highest BCUT2D eigenvalue weighted by molar-refractivity contribution is 5.92. The molecule has 240 valence electrons. The lowest BCUT2D eigenvalue weighted by molar-refractivity contribution is -0.189. The Kier molecular flexibility index (Phi) is 9.87. The number of nitrogens with zero attached hydrogens (tertiary/aromatic N) is 5. The number of phenols is 1. The molecule has 12 nitrogen and oxygen atoms in total. The van der Waals surface area contributed by atoms with Crippen LogP contribution < -0.4 is 10.2 Å². The van der Waals surface area contributed by atoms with Crippen LogP contribution in [0.25, 0.3) is 0 Å². The quantitative estimate of drug-likeness (QED) is 0.349. The third-order valence-electron chi connectivity index (χ3n) is 8.15. The minimum Gasteiger partial charge on any atom is -0.508 e. The number of piperazine rings is 1. The normalized spacial score (nSPS) is 18.2. The molecule has 3 aromatic carbocycles. The summed E-state index contributed by atoms with van der Waals surface area (Å²) in [5.41, 5.74) is 3.00. The van der Waals surface area contributed by atoms with Crippen molar-refractivity contribution in [1.29, 1.82) is 0 Å². The van der Waals surface area contributed by atoms with Crippen molar-refractivity contribution >= 4 is 29.6 Å². The van der Waals surface area contributed by atoms with Gasteiger partial charge in [0.2, 0.25) is 11.8 Å². The Balaban J connectivity index is 1.49. The van der Waals surface area contributed by atoms with Crippen molar-refractivity contribution in [2.45, 2.75) is 31.7 Å². The second-order valence-electron chi connectivity index (χ2n) is 11.2. The fourth-order valence-corrected chi connectivity index (χ4v) is 5.88. The highest BCUT2D eigenvalue weighted by atomic mass is 16.5. The summed E-state index contributed by atoms with van der Waals surface area (Å²) >= 11 is 0. The first kappa shape index (κ1) is 32.0. The molecule has 2 aliphatic heterocycles. The summed E-state index contributed by atoms with van der Waals surface area (Å²) in [5, 5.41) is 16.0. The number of methoxy groups -OCH3 is 1. The van der Waals surface area contributed by atoms with Crippen LogP contribution in [0.1, 0.15) is 16.7 Å². The van der Waals surface area contributed by atoms with E-state index in [0.29, 0.717) is 5.69 Å². The maximum absolute atomic E-state index is 14.2. The lowest BCUT2D eigenvalue weighted by Crippen LogP contribution is -2.76. The molecule has 2 heterocycles. The number of carbonyl (C=O) groups is 4. The van der Waals surface area contributed by atoms with Crippen molar-refractivity contribution < 1.29 is 29.0 Å². The van der Waals surface area contributed by atoms with Gasteiger partial charge < -0.3 is 25.0 Å². The van der Waals surface area contributed by atoms with Crippen LogP contribution in [-0.2, 0) is 33.8 Å². The summed E-state index contributed by atoms with van der Waals surface area (Å²) in [5.74, 6) is -0.464. The molecule has 1 unspecified atom stereocenters. The number of urea groups is 1. The number of amides is 5. The summed E-state index contributed by atoms with van der Waals surface area (Å²) in [6.45, 7) is 4.47. The van der Waals surface area contributed by atoms with Crippen molar-refractivity contribution in [2.75, 3.05) is 38.7 Å². The van der Waals surface area contributed by atoms with Crippen molar-refractivity contribution in [3.63, 3.8) is 0 Å². The Hall–Kier alpha value is -5.36. The number of nitrogens with one attached hydrogen (secondary N) is 1. The maximum Gasteiger partial charge on any atom is 0.413 e. The van der Waals surface area contributed by atoms with Gasteiger partial charge in [0.15, 0.2) is 0 Å². The Labute approximate surface area is 268 Å². The molecule has 5 rings (SSSR count). The van der Waals surface area contributed by atoms with E-state index >= 15 is 0 Å². The average Bonchev–Trinajstić information content (AvgIpc) is 3.06. The predicted octanol–water partition coefficient (Wildman–Crippen LogP) is 3.33. The molecule has 2 saturated heterocycles. The Morgan fingerprint density at radius 2 is 1.74 bits per heavy atom. The lowest BCUT2D eigenvalue weighted by Gasteiger charge is -2.55. The summed E-state index contributed by atoms with van der Waals surface area (Å²) < 4.78 is 4.85. The molecular formula is C34H38N6O6. The molecule has 46 heavy (non-hydrogen) atoms. The first-order valence-electron chi connectivity index (χ1n) is 15.0. The van der Waals surface area contributed by atoms with Gasteiger partial charge in [0.05, 0.1) is 20.2 Å². The standard InChI is InChI=1S/C34H38N6O6/c1-4-17-38-23-31(42)39-29(19-24-13-15-28(41)16-14-24)32(43)37(21-26-11-8-12-27(18-26)36(2)34(45)46-3)22-30(39)40(38)33(44)35-20-25-9-6-5-7-10-25/h4-16,18,29-30,41H,1,17,19-23H2,2-3H3,(H,35,44)/t29?,30-/m0/s1. The molecule has 0 saturated carbocycles. The number of hydrazine groups is 1. The number of hydrogen-bond acceptors (Lipinski definition) is 7. The zero-order valence-electron chi connectivity index (χ0n) is 25.9. The third kappa shape index (κ3) is 6.97. The molecule has 3 aromatic rings. The van der Waals surface area contributed by atoms with E-state index < -0.39 is 24.3 Å². The number of fused-ring (bicyclic) bond motifs is 1. The number of carbonyl (C=O) groups excluding carboxylic acids is 4. The summed E-state index contributed by atoms with van der Waals surface area (Å²) in [7, 11) is 2.90. The fraction of sp³-hybridized carbons (Fsp3) is 0.294. The molecule has 2 atom stereocenters. The summed E-state index contributed by atoms with van der Waals surface area (Å²) in [6.07, 6.45) is 0.474.